The summed E-state index contributed by atoms with van der Waals surface area (Å²) in [4.78, 5) is 10.3. The lowest BCUT2D eigenvalue weighted by Gasteiger charge is -2.40. The summed E-state index contributed by atoms with van der Waals surface area (Å²) in [6, 6.07) is 7.31. The molecule has 1 aromatic carbocycles. The van der Waals surface area contributed by atoms with Crippen molar-refractivity contribution in [3.8, 4) is 5.75 Å². The van der Waals surface area contributed by atoms with Gasteiger partial charge in [-0.2, -0.15) is 0 Å². The Bertz CT molecular complexity index is 768. The van der Waals surface area contributed by atoms with Crippen LogP contribution in [0.5, 0.6) is 5.75 Å². The molecule has 2 fully saturated rings. The molecule has 2 unspecified atom stereocenters. The summed E-state index contributed by atoms with van der Waals surface area (Å²) >= 11 is 0. The Morgan fingerprint density at radius 3 is 2.50 bits per heavy atom. The van der Waals surface area contributed by atoms with E-state index in [9.17, 15) is 4.79 Å². The monoisotopic (exact) mass is 444 g/mol. The predicted molar refractivity (Wildman–Crippen MR) is 129 cm³/mol. The fourth-order valence-corrected chi connectivity index (χ4v) is 4.22. The maximum absolute atomic E-state index is 10.3. The summed E-state index contributed by atoms with van der Waals surface area (Å²) in [5.41, 5.74) is 2.28. The van der Waals surface area contributed by atoms with Crippen molar-refractivity contribution in [3.05, 3.63) is 47.6 Å². The molecule has 1 aliphatic carbocycles. The highest BCUT2D eigenvalue weighted by Gasteiger charge is 2.57. The van der Waals surface area contributed by atoms with Crippen LogP contribution in [0, 0.1) is 5.92 Å². The minimum atomic E-state index is -0.943. The summed E-state index contributed by atoms with van der Waals surface area (Å²) in [5.74, 6) is 0.431. The smallest absolute Gasteiger partial charge is 0.328 e. The molecule has 1 saturated carbocycles. The Balaban J connectivity index is 0.000000229. The lowest BCUT2D eigenvalue weighted by atomic mass is 9.71. The maximum Gasteiger partial charge on any atom is 0.328 e. The van der Waals surface area contributed by atoms with Crippen molar-refractivity contribution in [3.63, 3.8) is 0 Å². The number of carboxylic acids is 1. The molecule has 5 nitrogen and oxygen atoms in total. The molecule has 5 heteroatoms. The molecule has 0 bridgehead atoms. The van der Waals surface area contributed by atoms with E-state index in [0.717, 1.165) is 37.0 Å². The van der Waals surface area contributed by atoms with E-state index >= 15 is 0 Å². The topological polar surface area (TPSA) is 68.3 Å². The Hall–Kier alpha value is -2.11. The molecular weight excluding hydrogens is 404 g/mol. The second-order valence-corrected chi connectivity index (χ2v) is 9.44. The number of hydrogen-bond acceptors (Lipinski definition) is 4. The van der Waals surface area contributed by atoms with Crippen LogP contribution in [-0.4, -0.2) is 42.1 Å². The lowest BCUT2D eigenvalue weighted by molar-refractivity contribution is -0.131. The average molecular weight is 445 g/mol. The van der Waals surface area contributed by atoms with Crippen LogP contribution in [0.3, 0.4) is 0 Å². The molecule has 1 aliphatic heterocycles. The molecule has 2 aliphatic rings. The fraction of sp³-hybridized carbons (Fsp3) is 0.593. The van der Waals surface area contributed by atoms with E-state index in [-0.39, 0.29) is 11.2 Å². The molecule has 1 N–H and O–H groups in total. The van der Waals surface area contributed by atoms with Gasteiger partial charge in [-0.3, -0.25) is 0 Å². The van der Waals surface area contributed by atoms with Crippen molar-refractivity contribution < 1.29 is 24.1 Å². The van der Waals surface area contributed by atoms with Crippen molar-refractivity contribution in [2.24, 2.45) is 5.92 Å². The Kier molecular flexibility index (Phi) is 9.98. The van der Waals surface area contributed by atoms with Crippen LogP contribution < -0.4 is 4.74 Å². The molecule has 0 radical (unpaired) electrons. The van der Waals surface area contributed by atoms with E-state index in [1.807, 2.05) is 31.2 Å². The van der Waals surface area contributed by atoms with Crippen LogP contribution in [-0.2, 0) is 14.3 Å². The summed E-state index contributed by atoms with van der Waals surface area (Å²) in [6.45, 7) is 13.1. The van der Waals surface area contributed by atoms with Crippen molar-refractivity contribution in [2.45, 2.75) is 77.9 Å². The molecule has 0 aromatic heterocycles. The van der Waals surface area contributed by atoms with Crippen LogP contribution in [0.25, 0.3) is 6.08 Å². The van der Waals surface area contributed by atoms with Crippen LogP contribution in [0.15, 0.2) is 42.0 Å². The highest BCUT2D eigenvalue weighted by molar-refractivity contribution is 5.85. The SMILES string of the molecule is CC(C)=CCOC(C)(C)C1CCCCC12CO2.CCCOc1ccc(/C=C/C(=O)O)cc1. The number of aliphatic carboxylic acids is 1. The van der Waals surface area contributed by atoms with Gasteiger partial charge in [0.25, 0.3) is 0 Å². The van der Waals surface area contributed by atoms with Crippen LogP contribution >= 0.6 is 0 Å². The molecule has 1 aromatic rings. The van der Waals surface area contributed by atoms with Gasteiger partial charge in [0.1, 0.15) is 5.75 Å². The Morgan fingerprint density at radius 1 is 1.25 bits per heavy atom. The number of benzene rings is 1. The molecule has 0 amide bonds. The molecule has 1 saturated heterocycles. The zero-order chi connectivity index (χ0) is 23.6. The Morgan fingerprint density at radius 2 is 1.94 bits per heavy atom. The third kappa shape index (κ3) is 8.44. The number of ether oxygens (including phenoxy) is 3. The summed E-state index contributed by atoms with van der Waals surface area (Å²) in [5, 5.41) is 8.43. The standard InChI is InChI=1S/C15H26O2.C12H14O3/c1-12(2)8-10-16-14(3,4)13-7-5-6-9-15(13)11-17-15;1-2-9-15-11-6-3-10(4-7-11)5-8-12(13)14/h8,13H,5-7,9-11H2,1-4H3;3-8H,2,9H2,1H3,(H,13,14)/b;8-5+. The van der Waals surface area contributed by atoms with Gasteiger partial charge in [-0.1, -0.05) is 43.5 Å². The predicted octanol–water partition coefficient (Wildman–Crippen LogP) is 6.28. The number of rotatable bonds is 9. The van der Waals surface area contributed by atoms with E-state index in [2.05, 4.69) is 33.8 Å². The van der Waals surface area contributed by atoms with Gasteiger partial charge >= 0.3 is 5.97 Å². The second kappa shape index (κ2) is 12.2. The minimum Gasteiger partial charge on any atom is -0.494 e. The molecule has 2 atom stereocenters. The van der Waals surface area contributed by atoms with Gasteiger partial charge in [-0.05, 0) is 70.7 Å². The number of epoxide rings is 1. The van der Waals surface area contributed by atoms with Gasteiger partial charge in [-0.15, -0.1) is 0 Å². The normalized spacial score (nSPS) is 22.2. The molecule has 3 rings (SSSR count). The highest BCUT2D eigenvalue weighted by atomic mass is 16.6. The van der Waals surface area contributed by atoms with Crippen molar-refractivity contribution in [2.75, 3.05) is 19.8 Å². The van der Waals surface area contributed by atoms with Gasteiger partial charge in [-0.25, -0.2) is 4.79 Å². The van der Waals surface area contributed by atoms with Crippen LogP contribution in [0.4, 0.5) is 0 Å². The lowest BCUT2D eigenvalue weighted by Crippen LogP contribution is -2.45. The Labute approximate surface area is 193 Å². The van der Waals surface area contributed by atoms with E-state index < -0.39 is 5.97 Å². The largest absolute Gasteiger partial charge is 0.494 e. The van der Waals surface area contributed by atoms with E-state index in [0.29, 0.717) is 12.5 Å². The second-order valence-electron chi connectivity index (χ2n) is 9.44. The van der Waals surface area contributed by atoms with Crippen molar-refractivity contribution in [1.29, 1.82) is 0 Å². The van der Waals surface area contributed by atoms with Crippen molar-refractivity contribution in [1.82, 2.24) is 0 Å². The third-order valence-corrected chi connectivity index (χ3v) is 6.05. The number of carbonyl (C=O) groups is 1. The molecule has 1 spiro atoms. The highest BCUT2D eigenvalue weighted by Crippen LogP contribution is 2.51. The number of carboxylic acid groups (broad SMARTS) is 1. The first-order valence-corrected chi connectivity index (χ1v) is 11.7. The summed E-state index contributed by atoms with van der Waals surface area (Å²) < 4.78 is 17.3. The van der Waals surface area contributed by atoms with Gasteiger partial charge in [0, 0.05) is 12.0 Å². The third-order valence-electron chi connectivity index (χ3n) is 6.05. The molecule has 32 heavy (non-hydrogen) atoms. The van der Waals surface area contributed by atoms with Gasteiger partial charge in [0.2, 0.25) is 0 Å². The summed E-state index contributed by atoms with van der Waals surface area (Å²) in [6.07, 6.45) is 10.9. The van der Waals surface area contributed by atoms with Crippen molar-refractivity contribution >= 4 is 12.0 Å². The minimum absolute atomic E-state index is 0.0666. The van der Waals surface area contributed by atoms with E-state index in [1.165, 1.54) is 31.3 Å². The van der Waals surface area contributed by atoms with Gasteiger partial charge in [0.05, 0.1) is 31.0 Å². The average Bonchev–Trinajstić information content (AvgIpc) is 3.50. The van der Waals surface area contributed by atoms with Gasteiger partial charge < -0.3 is 19.3 Å². The zero-order valence-electron chi connectivity index (χ0n) is 20.4. The van der Waals surface area contributed by atoms with Crippen LogP contribution in [0.2, 0.25) is 0 Å². The van der Waals surface area contributed by atoms with E-state index in [1.54, 1.807) is 6.08 Å². The molecule has 178 valence electrons. The van der Waals surface area contributed by atoms with Gasteiger partial charge in [0.15, 0.2) is 0 Å². The van der Waals surface area contributed by atoms with E-state index in [4.69, 9.17) is 19.3 Å². The molecular formula is C27H40O5. The summed E-state index contributed by atoms with van der Waals surface area (Å²) in [7, 11) is 0. The first-order chi connectivity index (χ1) is 15.2. The maximum atomic E-state index is 10.3. The molecule has 1 heterocycles. The number of hydrogen-bond donors (Lipinski definition) is 1. The fourth-order valence-electron chi connectivity index (χ4n) is 4.22. The quantitative estimate of drug-likeness (QED) is 0.276. The first-order valence-electron chi connectivity index (χ1n) is 11.7. The van der Waals surface area contributed by atoms with Crippen LogP contribution in [0.1, 0.15) is 72.3 Å². The zero-order valence-corrected chi connectivity index (χ0v) is 20.4. The first kappa shape index (κ1) is 26.1. The number of allylic oxidation sites excluding steroid dienone is 1.